The van der Waals surface area contributed by atoms with Crippen LogP contribution in [0.2, 0.25) is 0 Å². The SMILES string of the molecule is c1ccc2c(C3(N4CCCCC4)CCCCC3)cccc2c1. The fourth-order valence-electron chi connectivity index (χ4n) is 4.85. The normalized spacial score (nSPS) is 22.7. The zero-order valence-corrected chi connectivity index (χ0v) is 13.6. The summed E-state index contributed by atoms with van der Waals surface area (Å²) in [6.07, 6.45) is 11.1. The summed E-state index contributed by atoms with van der Waals surface area (Å²) in [4.78, 5) is 2.84. The molecule has 2 aromatic carbocycles. The van der Waals surface area contributed by atoms with Crippen molar-refractivity contribution in [3.8, 4) is 0 Å². The lowest BCUT2D eigenvalue weighted by atomic mass is 9.73. The molecule has 1 nitrogen and oxygen atoms in total. The number of benzene rings is 2. The highest BCUT2D eigenvalue weighted by atomic mass is 15.2. The minimum absolute atomic E-state index is 0.305. The van der Waals surface area contributed by atoms with E-state index in [0.717, 1.165) is 0 Å². The number of piperidine rings is 1. The van der Waals surface area contributed by atoms with E-state index < -0.39 is 0 Å². The highest BCUT2D eigenvalue weighted by molar-refractivity contribution is 5.86. The first-order valence-corrected chi connectivity index (χ1v) is 9.13. The topological polar surface area (TPSA) is 3.24 Å². The number of nitrogens with zero attached hydrogens (tertiary/aromatic N) is 1. The van der Waals surface area contributed by atoms with Crippen molar-refractivity contribution in [2.24, 2.45) is 0 Å². The van der Waals surface area contributed by atoms with Gasteiger partial charge in [0.25, 0.3) is 0 Å². The standard InChI is InChI=1S/C21H27N/c1-5-14-21(15-6-1,22-16-7-2-8-17-22)20-13-9-11-18-10-3-4-12-19(18)20/h3-4,9-13H,1-2,5-8,14-17H2. The lowest BCUT2D eigenvalue weighted by molar-refractivity contribution is 0.0315. The molecule has 0 N–H and O–H groups in total. The summed E-state index contributed by atoms with van der Waals surface area (Å²) in [6.45, 7) is 2.59. The summed E-state index contributed by atoms with van der Waals surface area (Å²) in [5, 5.41) is 2.89. The van der Waals surface area contributed by atoms with Gasteiger partial charge in [0.05, 0.1) is 0 Å². The average molecular weight is 293 g/mol. The van der Waals surface area contributed by atoms with Crippen LogP contribution in [0.3, 0.4) is 0 Å². The van der Waals surface area contributed by atoms with Crippen molar-refractivity contribution in [2.75, 3.05) is 13.1 Å². The first-order valence-electron chi connectivity index (χ1n) is 9.13. The maximum absolute atomic E-state index is 2.84. The van der Waals surface area contributed by atoms with Crippen LogP contribution in [0.15, 0.2) is 42.5 Å². The van der Waals surface area contributed by atoms with Gasteiger partial charge in [-0.3, -0.25) is 4.90 Å². The maximum atomic E-state index is 2.84. The first kappa shape index (κ1) is 14.3. The molecule has 2 aromatic rings. The van der Waals surface area contributed by atoms with Gasteiger partial charge in [-0.1, -0.05) is 68.1 Å². The van der Waals surface area contributed by atoms with Gasteiger partial charge >= 0.3 is 0 Å². The van der Waals surface area contributed by atoms with Crippen molar-refractivity contribution >= 4 is 10.8 Å². The van der Waals surface area contributed by atoms with Crippen LogP contribution in [0.4, 0.5) is 0 Å². The van der Waals surface area contributed by atoms with E-state index in [1.807, 2.05) is 0 Å². The van der Waals surface area contributed by atoms with Gasteiger partial charge in [0.2, 0.25) is 0 Å². The van der Waals surface area contributed by atoms with Gasteiger partial charge in [-0.25, -0.2) is 0 Å². The van der Waals surface area contributed by atoms with Crippen molar-refractivity contribution in [3.05, 3.63) is 48.0 Å². The Balaban J connectivity index is 1.85. The van der Waals surface area contributed by atoms with E-state index in [-0.39, 0.29) is 0 Å². The Kier molecular flexibility index (Phi) is 3.92. The molecule has 1 aliphatic heterocycles. The Morgan fingerprint density at radius 2 is 1.36 bits per heavy atom. The zero-order valence-electron chi connectivity index (χ0n) is 13.6. The Morgan fingerprint density at radius 1 is 0.682 bits per heavy atom. The molecule has 0 atom stereocenters. The molecule has 22 heavy (non-hydrogen) atoms. The van der Waals surface area contributed by atoms with E-state index in [4.69, 9.17) is 0 Å². The van der Waals surface area contributed by atoms with Gasteiger partial charge in [0.1, 0.15) is 0 Å². The number of likely N-dealkylation sites (tertiary alicyclic amines) is 1. The number of fused-ring (bicyclic) bond motifs is 1. The molecule has 1 aliphatic carbocycles. The van der Waals surface area contributed by atoms with Gasteiger partial charge in [-0.2, -0.15) is 0 Å². The molecule has 2 fully saturated rings. The van der Waals surface area contributed by atoms with E-state index in [2.05, 4.69) is 47.4 Å². The van der Waals surface area contributed by atoms with Crippen molar-refractivity contribution in [1.82, 2.24) is 4.90 Å². The Labute approximate surface area is 134 Å². The minimum atomic E-state index is 0.305. The molecule has 2 aliphatic rings. The maximum Gasteiger partial charge on any atom is 0.0466 e. The second-order valence-electron chi connectivity index (χ2n) is 7.17. The molecule has 1 heteroatoms. The van der Waals surface area contributed by atoms with E-state index in [1.54, 1.807) is 5.56 Å². The van der Waals surface area contributed by atoms with E-state index >= 15 is 0 Å². The summed E-state index contributed by atoms with van der Waals surface area (Å²) >= 11 is 0. The Bertz CT molecular complexity index is 628. The van der Waals surface area contributed by atoms with Crippen molar-refractivity contribution in [1.29, 1.82) is 0 Å². The van der Waals surface area contributed by atoms with Gasteiger partial charge in [0, 0.05) is 5.54 Å². The summed E-state index contributed by atoms with van der Waals surface area (Å²) < 4.78 is 0. The van der Waals surface area contributed by atoms with Crippen molar-refractivity contribution in [2.45, 2.75) is 56.9 Å². The molecule has 4 rings (SSSR count). The second kappa shape index (κ2) is 6.04. The smallest absolute Gasteiger partial charge is 0.0466 e. The Hall–Kier alpha value is -1.34. The lowest BCUT2D eigenvalue weighted by Crippen LogP contribution is -2.49. The fraction of sp³-hybridized carbons (Fsp3) is 0.524. The number of hydrogen-bond acceptors (Lipinski definition) is 1. The van der Waals surface area contributed by atoms with Crippen LogP contribution >= 0.6 is 0 Å². The van der Waals surface area contributed by atoms with Crippen LogP contribution in [-0.4, -0.2) is 18.0 Å². The average Bonchev–Trinajstić information content (AvgIpc) is 2.62. The number of hydrogen-bond donors (Lipinski definition) is 0. The molecule has 1 heterocycles. The zero-order chi connectivity index (χ0) is 14.8. The molecule has 0 unspecified atom stereocenters. The summed E-state index contributed by atoms with van der Waals surface area (Å²) in [5.74, 6) is 0. The molecular weight excluding hydrogens is 266 g/mol. The molecular formula is C21H27N. The predicted molar refractivity (Wildman–Crippen MR) is 94.1 cm³/mol. The third kappa shape index (κ3) is 2.36. The highest BCUT2D eigenvalue weighted by Gasteiger charge is 2.40. The summed E-state index contributed by atoms with van der Waals surface area (Å²) in [7, 11) is 0. The molecule has 1 saturated carbocycles. The van der Waals surface area contributed by atoms with Crippen molar-refractivity contribution < 1.29 is 0 Å². The summed E-state index contributed by atoms with van der Waals surface area (Å²) in [6, 6.07) is 15.9. The molecule has 116 valence electrons. The highest BCUT2D eigenvalue weighted by Crippen LogP contribution is 2.45. The van der Waals surface area contributed by atoms with E-state index in [1.165, 1.54) is 75.2 Å². The van der Waals surface area contributed by atoms with Crippen molar-refractivity contribution in [3.63, 3.8) is 0 Å². The van der Waals surface area contributed by atoms with Crippen LogP contribution in [0.1, 0.15) is 56.9 Å². The number of rotatable bonds is 2. The summed E-state index contributed by atoms with van der Waals surface area (Å²) in [5.41, 5.74) is 1.91. The van der Waals surface area contributed by atoms with Crippen LogP contribution in [0, 0.1) is 0 Å². The minimum Gasteiger partial charge on any atom is -0.294 e. The first-order chi connectivity index (χ1) is 10.9. The van der Waals surface area contributed by atoms with E-state index in [0.29, 0.717) is 5.54 Å². The molecule has 0 bridgehead atoms. The Morgan fingerprint density at radius 3 is 2.18 bits per heavy atom. The molecule has 0 radical (unpaired) electrons. The van der Waals surface area contributed by atoms with Crippen LogP contribution in [-0.2, 0) is 5.54 Å². The van der Waals surface area contributed by atoms with Crippen LogP contribution in [0.25, 0.3) is 10.8 Å². The third-order valence-corrected chi connectivity index (χ3v) is 5.93. The molecule has 0 amide bonds. The molecule has 0 aromatic heterocycles. The predicted octanol–water partition coefficient (Wildman–Crippen LogP) is 5.49. The largest absolute Gasteiger partial charge is 0.294 e. The van der Waals surface area contributed by atoms with Gasteiger partial charge in [0.15, 0.2) is 0 Å². The fourth-order valence-corrected chi connectivity index (χ4v) is 4.85. The van der Waals surface area contributed by atoms with Crippen LogP contribution < -0.4 is 0 Å². The van der Waals surface area contributed by atoms with Gasteiger partial charge in [-0.05, 0) is 55.1 Å². The third-order valence-electron chi connectivity index (χ3n) is 5.93. The van der Waals surface area contributed by atoms with Gasteiger partial charge < -0.3 is 0 Å². The lowest BCUT2D eigenvalue weighted by Gasteiger charge is -2.49. The van der Waals surface area contributed by atoms with E-state index in [9.17, 15) is 0 Å². The van der Waals surface area contributed by atoms with Gasteiger partial charge in [-0.15, -0.1) is 0 Å². The quantitative estimate of drug-likeness (QED) is 0.708. The van der Waals surface area contributed by atoms with Crippen LogP contribution in [0.5, 0.6) is 0 Å². The second-order valence-corrected chi connectivity index (χ2v) is 7.17. The molecule has 0 spiro atoms. The molecule has 1 saturated heterocycles. The monoisotopic (exact) mass is 293 g/mol.